The summed E-state index contributed by atoms with van der Waals surface area (Å²) in [7, 11) is -3.29. The van der Waals surface area contributed by atoms with Crippen LogP contribution in [0.1, 0.15) is 24.3 Å². The molecule has 0 spiro atoms. The highest BCUT2D eigenvalue weighted by Crippen LogP contribution is 2.35. The minimum atomic E-state index is -3.29. The van der Waals surface area contributed by atoms with Crippen molar-refractivity contribution in [2.75, 3.05) is 32.8 Å². The summed E-state index contributed by atoms with van der Waals surface area (Å²) >= 11 is 0. The summed E-state index contributed by atoms with van der Waals surface area (Å²) in [5, 5.41) is -0.394. The lowest BCUT2D eigenvalue weighted by Crippen LogP contribution is -2.41. The van der Waals surface area contributed by atoms with E-state index in [4.69, 9.17) is 10.5 Å². The van der Waals surface area contributed by atoms with Crippen LogP contribution in [0.15, 0.2) is 30.3 Å². The van der Waals surface area contributed by atoms with Crippen LogP contribution in [0.5, 0.6) is 0 Å². The van der Waals surface area contributed by atoms with Gasteiger partial charge in [-0.1, -0.05) is 30.3 Å². The lowest BCUT2D eigenvalue weighted by molar-refractivity contribution is 0.0977. The standard InChI is InChI=1S/C16H24N2O3S.ClH/c17-9-14-10-18(11-16(14)13-5-2-1-3-6-13)22(19,20)15-7-4-8-21-12-15;/h1-3,5-6,14-16H,4,7-12,17H2;1H/t14-,15?,16+;/m1./s1. The highest BCUT2D eigenvalue weighted by molar-refractivity contribution is 7.89. The number of hydrogen-bond donors (Lipinski definition) is 1. The van der Waals surface area contributed by atoms with Gasteiger partial charge in [0.05, 0.1) is 11.9 Å². The zero-order valence-corrected chi connectivity index (χ0v) is 14.8. The van der Waals surface area contributed by atoms with Crippen molar-refractivity contribution in [2.24, 2.45) is 11.7 Å². The molecule has 2 fully saturated rings. The predicted octanol–water partition coefficient (Wildman–Crippen LogP) is 1.59. The largest absolute Gasteiger partial charge is 0.380 e. The number of ether oxygens (including phenoxy) is 1. The normalized spacial score (nSPS) is 29.2. The highest BCUT2D eigenvalue weighted by atomic mass is 35.5. The molecule has 3 atom stereocenters. The number of rotatable bonds is 4. The van der Waals surface area contributed by atoms with Crippen molar-refractivity contribution in [3.05, 3.63) is 35.9 Å². The summed E-state index contributed by atoms with van der Waals surface area (Å²) in [6.07, 6.45) is 1.52. The third kappa shape index (κ3) is 3.88. The number of sulfonamides is 1. The zero-order chi connectivity index (χ0) is 15.6. The first-order valence-corrected chi connectivity index (χ1v) is 9.45. The average molecular weight is 361 g/mol. The van der Waals surface area contributed by atoms with Crippen LogP contribution in [-0.4, -0.2) is 50.8 Å². The topological polar surface area (TPSA) is 72.6 Å². The van der Waals surface area contributed by atoms with Crippen molar-refractivity contribution in [3.63, 3.8) is 0 Å². The number of hydrogen-bond acceptors (Lipinski definition) is 4. The molecule has 0 bridgehead atoms. The second-order valence-corrected chi connectivity index (χ2v) is 8.43. The monoisotopic (exact) mass is 360 g/mol. The number of benzene rings is 1. The maximum Gasteiger partial charge on any atom is 0.219 e. The molecule has 2 aliphatic rings. The summed E-state index contributed by atoms with van der Waals surface area (Å²) < 4.78 is 32.7. The van der Waals surface area contributed by atoms with Gasteiger partial charge in [0.15, 0.2) is 0 Å². The molecular formula is C16H25ClN2O3S. The van der Waals surface area contributed by atoms with Gasteiger partial charge in [-0.3, -0.25) is 0 Å². The molecular weight excluding hydrogens is 336 g/mol. The summed E-state index contributed by atoms with van der Waals surface area (Å²) in [4.78, 5) is 0. The molecule has 2 heterocycles. The second kappa shape index (κ2) is 7.94. The Bertz CT molecular complexity index is 591. The molecule has 23 heavy (non-hydrogen) atoms. The van der Waals surface area contributed by atoms with E-state index in [0.29, 0.717) is 39.3 Å². The van der Waals surface area contributed by atoms with Crippen LogP contribution in [0, 0.1) is 5.92 Å². The Morgan fingerprint density at radius 2 is 1.96 bits per heavy atom. The molecule has 3 rings (SSSR count). The lowest BCUT2D eigenvalue weighted by atomic mass is 9.89. The molecule has 1 aromatic carbocycles. The Hall–Kier alpha value is -0.660. The zero-order valence-electron chi connectivity index (χ0n) is 13.1. The summed E-state index contributed by atoms with van der Waals surface area (Å²) in [6, 6.07) is 10.1. The van der Waals surface area contributed by atoms with Gasteiger partial charge in [0.1, 0.15) is 0 Å². The van der Waals surface area contributed by atoms with E-state index in [1.807, 2.05) is 18.2 Å². The van der Waals surface area contributed by atoms with Gasteiger partial charge in [-0.05, 0) is 30.9 Å². The Kier molecular flexibility index (Phi) is 6.45. The Labute approximate surface area is 144 Å². The van der Waals surface area contributed by atoms with E-state index < -0.39 is 15.3 Å². The maximum absolute atomic E-state index is 12.8. The van der Waals surface area contributed by atoms with Crippen LogP contribution in [0.2, 0.25) is 0 Å². The van der Waals surface area contributed by atoms with Crippen LogP contribution in [-0.2, 0) is 14.8 Å². The van der Waals surface area contributed by atoms with Gasteiger partial charge in [0.25, 0.3) is 0 Å². The van der Waals surface area contributed by atoms with Crippen molar-refractivity contribution in [3.8, 4) is 0 Å². The maximum atomic E-state index is 12.8. The number of nitrogens with two attached hydrogens (primary N) is 1. The SMILES string of the molecule is Cl.NC[C@@H]1CN(S(=O)(=O)C2CCCOC2)C[C@H]1c1ccccc1. The van der Waals surface area contributed by atoms with Crippen LogP contribution in [0.25, 0.3) is 0 Å². The predicted molar refractivity (Wildman–Crippen MR) is 93.3 cm³/mol. The first-order valence-electron chi connectivity index (χ1n) is 7.94. The molecule has 0 radical (unpaired) electrons. The van der Waals surface area contributed by atoms with Gasteiger partial charge < -0.3 is 10.5 Å². The second-order valence-electron chi connectivity index (χ2n) is 6.21. The Balaban J connectivity index is 0.00000192. The van der Waals surface area contributed by atoms with Gasteiger partial charge in [-0.2, -0.15) is 0 Å². The van der Waals surface area contributed by atoms with E-state index in [1.165, 1.54) is 5.56 Å². The first kappa shape index (κ1) is 18.7. The quantitative estimate of drug-likeness (QED) is 0.885. The van der Waals surface area contributed by atoms with E-state index in [-0.39, 0.29) is 24.2 Å². The minimum Gasteiger partial charge on any atom is -0.380 e. The van der Waals surface area contributed by atoms with Gasteiger partial charge in [-0.25, -0.2) is 12.7 Å². The van der Waals surface area contributed by atoms with Crippen LogP contribution >= 0.6 is 12.4 Å². The van der Waals surface area contributed by atoms with E-state index >= 15 is 0 Å². The van der Waals surface area contributed by atoms with Crippen LogP contribution in [0.4, 0.5) is 0 Å². The van der Waals surface area contributed by atoms with Crippen molar-refractivity contribution in [1.29, 1.82) is 0 Å². The summed E-state index contributed by atoms with van der Waals surface area (Å²) in [6.45, 7) is 2.55. The highest BCUT2D eigenvalue weighted by Gasteiger charge is 2.42. The molecule has 0 aromatic heterocycles. The van der Waals surface area contributed by atoms with Crippen molar-refractivity contribution in [2.45, 2.75) is 24.0 Å². The molecule has 1 aromatic rings. The first-order chi connectivity index (χ1) is 10.6. The van der Waals surface area contributed by atoms with E-state index in [2.05, 4.69) is 12.1 Å². The molecule has 130 valence electrons. The third-order valence-corrected chi connectivity index (χ3v) is 7.07. The smallest absolute Gasteiger partial charge is 0.219 e. The molecule has 2 N–H and O–H groups in total. The van der Waals surface area contributed by atoms with E-state index in [1.54, 1.807) is 4.31 Å². The van der Waals surface area contributed by atoms with Crippen molar-refractivity contribution in [1.82, 2.24) is 4.31 Å². The van der Waals surface area contributed by atoms with Gasteiger partial charge >= 0.3 is 0 Å². The number of halogens is 1. The number of nitrogens with zero attached hydrogens (tertiary/aromatic N) is 1. The molecule has 2 saturated heterocycles. The third-order valence-electron chi connectivity index (χ3n) is 4.84. The Morgan fingerprint density at radius 3 is 2.57 bits per heavy atom. The van der Waals surface area contributed by atoms with Gasteiger partial charge in [0.2, 0.25) is 10.0 Å². The van der Waals surface area contributed by atoms with E-state index in [9.17, 15) is 8.42 Å². The molecule has 5 nitrogen and oxygen atoms in total. The summed E-state index contributed by atoms with van der Waals surface area (Å²) in [5.41, 5.74) is 7.08. The van der Waals surface area contributed by atoms with Crippen LogP contribution < -0.4 is 5.73 Å². The van der Waals surface area contributed by atoms with Crippen molar-refractivity contribution < 1.29 is 13.2 Å². The minimum absolute atomic E-state index is 0. The summed E-state index contributed by atoms with van der Waals surface area (Å²) in [5.74, 6) is 0.368. The van der Waals surface area contributed by atoms with E-state index in [0.717, 1.165) is 6.42 Å². The van der Waals surface area contributed by atoms with Gasteiger partial charge in [-0.15, -0.1) is 12.4 Å². The molecule has 0 aliphatic carbocycles. The fourth-order valence-electron chi connectivity index (χ4n) is 3.51. The molecule has 0 amide bonds. The molecule has 7 heteroatoms. The molecule has 0 saturated carbocycles. The molecule has 1 unspecified atom stereocenters. The fraction of sp³-hybridized carbons (Fsp3) is 0.625. The van der Waals surface area contributed by atoms with Crippen LogP contribution in [0.3, 0.4) is 0 Å². The molecule has 2 aliphatic heterocycles. The Morgan fingerprint density at radius 1 is 1.22 bits per heavy atom. The van der Waals surface area contributed by atoms with Crippen molar-refractivity contribution >= 4 is 22.4 Å². The average Bonchev–Trinajstić information content (AvgIpc) is 3.01. The fourth-order valence-corrected chi connectivity index (χ4v) is 5.44. The lowest BCUT2D eigenvalue weighted by Gasteiger charge is -2.27. The van der Waals surface area contributed by atoms with Gasteiger partial charge in [0, 0.05) is 25.6 Å².